The van der Waals surface area contributed by atoms with Crippen LogP contribution in [-0.4, -0.2) is 36.6 Å². The van der Waals surface area contributed by atoms with Gasteiger partial charge in [-0.1, -0.05) is 6.07 Å². The predicted octanol–water partition coefficient (Wildman–Crippen LogP) is 1.11. The Morgan fingerprint density at radius 1 is 1.47 bits per heavy atom. The topological polar surface area (TPSA) is 80.3 Å². The second-order valence-electron chi connectivity index (χ2n) is 4.08. The molecule has 1 rings (SSSR count). The van der Waals surface area contributed by atoms with Crippen LogP contribution in [0.25, 0.3) is 0 Å². The first-order valence-corrected chi connectivity index (χ1v) is 9.39. The molecule has 1 aromatic rings. The molecule has 0 fully saturated rings. The second kappa shape index (κ2) is 6.49. The van der Waals surface area contributed by atoms with Gasteiger partial charge < -0.3 is 5.32 Å². The lowest BCUT2D eigenvalue weighted by Gasteiger charge is -2.12. The summed E-state index contributed by atoms with van der Waals surface area (Å²) in [6.45, 7) is 1.72. The molecule has 1 amide bonds. The van der Waals surface area contributed by atoms with Gasteiger partial charge in [-0.15, -0.1) is 0 Å². The van der Waals surface area contributed by atoms with Gasteiger partial charge in [0.2, 0.25) is 0 Å². The molecule has 0 spiro atoms. The largest absolute Gasteiger partial charge is 0.349 e. The lowest BCUT2D eigenvalue weighted by molar-refractivity contribution is 0.0943. The maximum Gasteiger partial charge on any atom is 0.261 e. The Balaban J connectivity index is 2.86. The Kier molecular flexibility index (Phi) is 5.51. The van der Waals surface area contributed by atoms with Gasteiger partial charge in [-0.05, 0) is 25.1 Å². The van der Waals surface area contributed by atoms with E-state index in [-0.39, 0.29) is 16.5 Å². The first kappa shape index (κ1) is 16.1. The summed E-state index contributed by atoms with van der Waals surface area (Å²) in [7, 11) is 0.329. The molecule has 1 aromatic carbocycles. The number of hydrogen-bond acceptors (Lipinski definition) is 4. The molecule has 2 unspecified atom stereocenters. The van der Waals surface area contributed by atoms with Gasteiger partial charge in [0.15, 0.2) is 0 Å². The number of carbonyl (C=O) groups is 1. The Bertz CT molecular complexity index is 600. The minimum atomic E-state index is -3.86. The van der Waals surface area contributed by atoms with Crippen molar-refractivity contribution in [3.63, 3.8) is 0 Å². The third-order valence-electron chi connectivity index (χ3n) is 2.24. The Hall–Kier alpha value is -0.920. The van der Waals surface area contributed by atoms with Crippen molar-refractivity contribution >= 4 is 36.4 Å². The number of hydrogen-bond donors (Lipinski definition) is 1. The van der Waals surface area contributed by atoms with Gasteiger partial charge >= 0.3 is 0 Å². The van der Waals surface area contributed by atoms with E-state index in [9.17, 15) is 17.4 Å². The summed E-state index contributed by atoms with van der Waals surface area (Å²) in [5.41, 5.74) is 0.190. The van der Waals surface area contributed by atoms with Crippen molar-refractivity contribution in [1.29, 1.82) is 0 Å². The predicted molar refractivity (Wildman–Crippen MR) is 75.3 cm³/mol. The van der Waals surface area contributed by atoms with Gasteiger partial charge in [0.05, 0.1) is 4.90 Å². The Labute approximate surface area is 119 Å². The van der Waals surface area contributed by atoms with E-state index in [1.165, 1.54) is 24.3 Å². The summed E-state index contributed by atoms with van der Waals surface area (Å²) in [6, 6.07) is 5.16. The molecule has 106 valence electrons. The van der Waals surface area contributed by atoms with Crippen LogP contribution in [0.5, 0.6) is 0 Å². The molecular formula is C11H14ClNO4S2. The Morgan fingerprint density at radius 2 is 2.11 bits per heavy atom. The monoisotopic (exact) mass is 323 g/mol. The third-order valence-corrected chi connectivity index (χ3v) is 4.56. The molecule has 0 heterocycles. The van der Waals surface area contributed by atoms with Crippen LogP contribution < -0.4 is 5.32 Å². The number of nitrogens with one attached hydrogen (secondary N) is 1. The van der Waals surface area contributed by atoms with Crippen molar-refractivity contribution in [3.8, 4) is 0 Å². The summed E-state index contributed by atoms with van der Waals surface area (Å²) in [5, 5.41) is 2.64. The molecule has 5 nitrogen and oxygen atoms in total. The molecule has 0 aromatic heterocycles. The van der Waals surface area contributed by atoms with Crippen LogP contribution in [0.3, 0.4) is 0 Å². The molecule has 0 saturated heterocycles. The zero-order valence-corrected chi connectivity index (χ0v) is 12.8. The fourth-order valence-corrected chi connectivity index (χ4v) is 3.07. The minimum absolute atomic E-state index is 0.131. The van der Waals surface area contributed by atoms with E-state index >= 15 is 0 Å². The third kappa shape index (κ3) is 5.30. The maximum absolute atomic E-state index is 11.9. The minimum Gasteiger partial charge on any atom is -0.349 e. The second-order valence-corrected chi connectivity index (χ2v) is 8.13. The first-order chi connectivity index (χ1) is 8.70. The standard InChI is InChI=1S/C11H14ClNO4S2/c1-8(7-18(2)15)13-11(14)9-4-3-5-10(6-9)19(12,16)17/h3-6,8H,7H2,1-2H3,(H,13,14). The number of benzene rings is 1. The van der Waals surface area contributed by atoms with Gasteiger partial charge in [0.1, 0.15) is 0 Å². The highest BCUT2D eigenvalue weighted by atomic mass is 35.7. The number of carbonyl (C=O) groups excluding carboxylic acids is 1. The molecule has 19 heavy (non-hydrogen) atoms. The van der Waals surface area contributed by atoms with Crippen molar-refractivity contribution in [1.82, 2.24) is 5.32 Å². The average molecular weight is 324 g/mol. The molecule has 0 aliphatic heterocycles. The molecule has 0 aliphatic rings. The molecule has 1 N–H and O–H groups in total. The number of amides is 1. The lowest BCUT2D eigenvalue weighted by Crippen LogP contribution is -2.36. The van der Waals surface area contributed by atoms with Crippen molar-refractivity contribution in [2.45, 2.75) is 17.9 Å². The fraction of sp³-hybridized carbons (Fsp3) is 0.364. The molecule has 0 saturated carbocycles. The average Bonchev–Trinajstić information content (AvgIpc) is 2.26. The van der Waals surface area contributed by atoms with Crippen LogP contribution >= 0.6 is 10.7 Å². The van der Waals surface area contributed by atoms with Crippen LogP contribution in [0, 0.1) is 0 Å². The normalized spacial score (nSPS) is 14.7. The van der Waals surface area contributed by atoms with E-state index in [1.54, 1.807) is 13.2 Å². The highest BCUT2D eigenvalue weighted by Crippen LogP contribution is 2.16. The lowest BCUT2D eigenvalue weighted by atomic mass is 10.2. The van der Waals surface area contributed by atoms with Crippen LogP contribution in [0.15, 0.2) is 29.2 Å². The van der Waals surface area contributed by atoms with Gasteiger partial charge in [0, 0.05) is 45.1 Å². The first-order valence-electron chi connectivity index (χ1n) is 5.36. The quantitative estimate of drug-likeness (QED) is 0.823. The van der Waals surface area contributed by atoms with E-state index < -0.39 is 25.8 Å². The smallest absolute Gasteiger partial charge is 0.261 e. The number of halogens is 1. The van der Waals surface area contributed by atoms with E-state index in [2.05, 4.69) is 5.32 Å². The van der Waals surface area contributed by atoms with Crippen LogP contribution in [-0.2, 0) is 19.9 Å². The molecule has 8 heteroatoms. The molecule has 0 aliphatic carbocycles. The fourth-order valence-electron chi connectivity index (χ4n) is 1.49. The molecule has 0 bridgehead atoms. The molecule has 0 radical (unpaired) electrons. The van der Waals surface area contributed by atoms with Gasteiger partial charge in [-0.25, -0.2) is 8.42 Å². The highest BCUT2D eigenvalue weighted by Gasteiger charge is 2.15. The van der Waals surface area contributed by atoms with Crippen molar-refractivity contribution in [2.75, 3.05) is 12.0 Å². The van der Waals surface area contributed by atoms with E-state index in [4.69, 9.17) is 10.7 Å². The van der Waals surface area contributed by atoms with Crippen LogP contribution in [0.2, 0.25) is 0 Å². The van der Waals surface area contributed by atoms with Crippen molar-refractivity contribution in [3.05, 3.63) is 29.8 Å². The highest BCUT2D eigenvalue weighted by molar-refractivity contribution is 8.13. The summed E-state index contributed by atoms with van der Waals surface area (Å²) in [6.07, 6.45) is 1.54. The Morgan fingerprint density at radius 3 is 2.63 bits per heavy atom. The number of rotatable bonds is 5. The van der Waals surface area contributed by atoms with E-state index in [1.807, 2.05) is 0 Å². The van der Waals surface area contributed by atoms with Crippen molar-refractivity contribution < 1.29 is 17.4 Å². The summed E-state index contributed by atoms with van der Waals surface area (Å²) >= 11 is 0. The summed E-state index contributed by atoms with van der Waals surface area (Å²) < 4.78 is 33.4. The van der Waals surface area contributed by atoms with Crippen LogP contribution in [0.1, 0.15) is 17.3 Å². The van der Waals surface area contributed by atoms with Crippen molar-refractivity contribution in [2.24, 2.45) is 0 Å². The van der Waals surface area contributed by atoms with Gasteiger partial charge in [-0.3, -0.25) is 9.00 Å². The molecular weight excluding hydrogens is 310 g/mol. The SMILES string of the molecule is CC(CS(C)=O)NC(=O)c1cccc(S(=O)(=O)Cl)c1. The van der Waals surface area contributed by atoms with Crippen LogP contribution in [0.4, 0.5) is 0 Å². The van der Waals surface area contributed by atoms with E-state index in [0.29, 0.717) is 5.75 Å². The zero-order valence-electron chi connectivity index (χ0n) is 10.4. The summed E-state index contributed by atoms with van der Waals surface area (Å²) in [4.78, 5) is 11.7. The molecule has 2 atom stereocenters. The maximum atomic E-state index is 11.9. The summed E-state index contributed by atoms with van der Waals surface area (Å²) in [5.74, 6) is -0.0979. The zero-order chi connectivity index (χ0) is 14.6. The van der Waals surface area contributed by atoms with Gasteiger partial charge in [-0.2, -0.15) is 0 Å². The van der Waals surface area contributed by atoms with E-state index in [0.717, 1.165) is 0 Å². The van der Waals surface area contributed by atoms with Gasteiger partial charge in [0.25, 0.3) is 15.0 Å².